The fourth-order valence-corrected chi connectivity index (χ4v) is 3.16. The molecule has 2 N–H and O–H groups in total. The highest BCUT2D eigenvalue weighted by molar-refractivity contribution is 7.99. The topological polar surface area (TPSA) is 49.3 Å². The number of benzene rings is 1. The lowest BCUT2D eigenvalue weighted by molar-refractivity contribution is -0.131. The van der Waals surface area contributed by atoms with E-state index in [4.69, 9.17) is 0 Å². The number of thioether (sulfide) groups is 1. The number of halogens is 3. The van der Waals surface area contributed by atoms with Gasteiger partial charge in [0.25, 0.3) is 5.91 Å². The first-order valence-corrected chi connectivity index (χ1v) is 7.21. The number of rotatable bonds is 3. The summed E-state index contributed by atoms with van der Waals surface area (Å²) in [5, 5.41) is 12.6. The van der Waals surface area contributed by atoms with Gasteiger partial charge in [0.15, 0.2) is 5.60 Å². The van der Waals surface area contributed by atoms with Crippen LogP contribution in [0.2, 0.25) is 0 Å². The lowest BCUT2D eigenvalue weighted by Gasteiger charge is -2.20. The second-order valence-corrected chi connectivity index (χ2v) is 5.88. The molecule has 7 heteroatoms. The quantitative estimate of drug-likeness (QED) is 0.902. The Balaban J connectivity index is 1.98. The van der Waals surface area contributed by atoms with E-state index >= 15 is 0 Å². The molecule has 0 bridgehead atoms. The van der Waals surface area contributed by atoms with Crippen LogP contribution in [0.4, 0.5) is 18.9 Å². The molecule has 20 heavy (non-hydrogen) atoms. The highest BCUT2D eigenvalue weighted by Gasteiger charge is 2.39. The van der Waals surface area contributed by atoms with Gasteiger partial charge in [-0.1, -0.05) is 12.1 Å². The van der Waals surface area contributed by atoms with Crippen LogP contribution in [-0.2, 0) is 11.2 Å². The van der Waals surface area contributed by atoms with Crippen LogP contribution >= 0.6 is 11.8 Å². The predicted molar refractivity (Wildman–Crippen MR) is 71.7 cm³/mol. The van der Waals surface area contributed by atoms with Gasteiger partial charge in [-0.3, -0.25) is 4.79 Å². The van der Waals surface area contributed by atoms with E-state index in [1.807, 2.05) is 0 Å². The number of anilines is 1. The number of hydrogen-bond acceptors (Lipinski definition) is 3. The van der Waals surface area contributed by atoms with E-state index in [1.165, 1.54) is 36.0 Å². The van der Waals surface area contributed by atoms with E-state index in [0.29, 0.717) is 23.6 Å². The number of nitrogens with one attached hydrogen (secondary N) is 1. The Bertz CT molecular complexity index is 481. The smallest absolute Gasteiger partial charge is 0.379 e. The number of alkyl halides is 3. The molecule has 1 heterocycles. The summed E-state index contributed by atoms with van der Waals surface area (Å²) in [6.07, 6.45) is -4.86. The highest BCUT2D eigenvalue weighted by atomic mass is 32.2. The third kappa shape index (κ3) is 3.89. The SMILES string of the molecule is O=C(Nc1ccc(CC(F)(F)F)cc1)C1(O)CCSC1. The molecule has 0 spiro atoms. The van der Waals surface area contributed by atoms with E-state index in [0.717, 1.165) is 0 Å². The molecule has 1 amide bonds. The average molecular weight is 305 g/mol. The molecule has 0 saturated carbocycles. The Morgan fingerprint density at radius 1 is 1.35 bits per heavy atom. The zero-order chi connectivity index (χ0) is 14.8. The summed E-state index contributed by atoms with van der Waals surface area (Å²) in [7, 11) is 0. The minimum Gasteiger partial charge on any atom is -0.379 e. The van der Waals surface area contributed by atoms with Crippen molar-refractivity contribution in [2.45, 2.75) is 24.6 Å². The summed E-state index contributed by atoms with van der Waals surface area (Å²) in [6, 6.07) is 5.45. The lowest BCUT2D eigenvalue weighted by atomic mass is 10.0. The average Bonchev–Trinajstić information content (AvgIpc) is 2.78. The first kappa shape index (κ1) is 15.2. The molecule has 0 aromatic heterocycles. The largest absolute Gasteiger partial charge is 0.393 e. The van der Waals surface area contributed by atoms with Gasteiger partial charge in [0, 0.05) is 11.4 Å². The first-order valence-electron chi connectivity index (χ1n) is 6.06. The van der Waals surface area contributed by atoms with Crippen molar-refractivity contribution < 1.29 is 23.1 Å². The van der Waals surface area contributed by atoms with Crippen molar-refractivity contribution in [1.82, 2.24) is 0 Å². The molecule has 1 unspecified atom stereocenters. The normalized spacial score (nSPS) is 22.8. The van der Waals surface area contributed by atoms with Gasteiger partial charge in [-0.15, -0.1) is 0 Å². The minimum absolute atomic E-state index is 0.130. The molecule has 110 valence electrons. The van der Waals surface area contributed by atoms with Crippen molar-refractivity contribution >= 4 is 23.4 Å². The van der Waals surface area contributed by atoms with Gasteiger partial charge < -0.3 is 10.4 Å². The summed E-state index contributed by atoms with van der Waals surface area (Å²) in [6.45, 7) is 0. The molecule has 1 fully saturated rings. The van der Waals surface area contributed by atoms with E-state index in [9.17, 15) is 23.1 Å². The zero-order valence-corrected chi connectivity index (χ0v) is 11.4. The Kier molecular flexibility index (Phi) is 4.29. The highest BCUT2D eigenvalue weighted by Crippen LogP contribution is 2.29. The molecule has 1 aliphatic rings. The Labute approximate surface area is 118 Å². The van der Waals surface area contributed by atoms with Crippen LogP contribution in [0.5, 0.6) is 0 Å². The van der Waals surface area contributed by atoms with Crippen molar-refractivity contribution in [3.63, 3.8) is 0 Å². The maximum Gasteiger partial charge on any atom is 0.393 e. The van der Waals surface area contributed by atoms with Crippen LogP contribution in [-0.4, -0.2) is 34.3 Å². The molecular weight excluding hydrogens is 291 g/mol. The number of hydrogen-bond donors (Lipinski definition) is 2. The molecule has 1 aromatic carbocycles. The molecule has 0 radical (unpaired) electrons. The third-order valence-corrected chi connectivity index (χ3v) is 4.21. The molecule has 3 nitrogen and oxygen atoms in total. The van der Waals surface area contributed by atoms with E-state index in [2.05, 4.69) is 5.32 Å². The van der Waals surface area contributed by atoms with Crippen LogP contribution in [0.15, 0.2) is 24.3 Å². The molecule has 1 saturated heterocycles. The van der Waals surface area contributed by atoms with Crippen LogP contribution in [0.3, 0.4) is 0 Å². The molecule has 1 aromatic rings. The number of carbonyl (C=O) groups excluding carboxylic acids is 1. The van der Waals surface area contributed by atoms with E-state index < -0.39 is 24.1 Å². The van der Waals surface area contributed by atoms with E-state index in [-0.39, 0.29) is 5.56 Å². The third-order valence-electron chi connectivity index (χ3n) is 3.04. The molecule has 2 rings (SSSR count). The molecular formula is C13H14F3NO2S. The van der Waals surface area contributed by atoms with Crippen LogP contribution < -0.4 is 5.32 Å². The summed E-state index contributed by atoms with van der Waals surface area (Å²) < 4.78 is 36.6. The van der Waals surface area contributed by atoms with Crippen molar-refractivity contribution in [3.05, 3.63) is 29.8 Å². The van der Waals surface area contributed by atoms with Gasteiger partial charge in [0.2, 0.25) is 0 Å². The summed E-state index contributed by atoms with van der Waals surface area (Å²) in [5.41, 5.74) is -0.869. The maximum atomic E-state index is 12.2. The summed E-state index contributed by atoms with van der Waals surface area (Å²) >= 11 is 1.49. The van der Waals surface area contributed by atoms with Gasteiger partial charge in [-0.25, -0.2) is 0 Å². The number of aliphatic hydroxyl groups is 1. The van der Waals surface area contributed by atoms with Crippen molar-refractivity contribution in [2.75, 3.05) is 16.8 Å². The molecule has 1 atom stereocenters. The Morgan fingerprint density at radius 2 is 2.00 bits per heavy atom. The summed E-state index contributed by atoms with van der Waals surface area (Å²) in [4.78, 5) is 11.9. The first-order chi connectivity index (χ1) is 9.28. The second kappa shape index (κ2) is 5.65. The predicted octanol–water partition coefficient (Wildman–Crippen LogP) is 2.60. The minimum atomic E-state index is -4.25. The van der Waals surface area contributed by atoms with E-state index in [1.54, 1.807) is 0 Å². The van der Waals surface area contributed by atoms with Crippen LogP contribution in [0.1, 0.15) is 12.0 Å². The molecule has 0 aliphatic carbocycles. The van der Waals surface area contributed by atoms with Gasteiger partial charge >= 0.3 is 6.18 Å². The standard InChI is InChI=1S/C13H14F3NO2S/c14-13(15,16)7-9-1-3-10(4-2-9)17-11(18)12(19)5-6-20-8-12/h1-4,19H,5-8H2,(H,17,18). The number of amides is 1. The monoisotopic (exact) mass is 305 g/mol. The van der Waals surface area contributed by atoms with Crippen molar-refractivity contribution in [3.8, 4) is 0 Å². The Morgan fingerprint density at radius 3 is 2.50 bits per heavy atom. The second-order valence-electron chi connectivity index (χ2n) is 4.78. The van der Waals surface area contributed by atoms with Gasteiger partial charge in [0.05, 0.1) is 6.42 Å². The Hall–Kier alpha value is -1.21. The van der Waals surface area contributed by atoms with Crippen LogP contribution in [0.25, 0.3) is 0 Å². The maximum absolute atomic E-state index is 12.2. The van der Waals surface area contributed by atoms with Gasteiger partial charge in [0.1, 0.15) is 0 Å². The fourth-order valence-electron chi connectivity index (χ4n) is 1.92. The lowest BCUT2D eigenvalue weighted by Crippen LogP contribution is -2.42. The number of carbonyl (C=O) groups is 1. The zero-order valence-electron chi connectivity index (χ0n) is 10.5. The fraction of sp³-hybridized carbons (Fsp3) is 0.462. The molecule has 1 aliphatic heterocycles. The van der Waals surface area contributed by atoms with Crippen molar-refractivity contribution in [2.24, 2.45) is 0 Å². The summed E-state index contributed by atoms with van der Waals surface area (Å²) in [5.74, 6) is 0.547. The van der Waals surface area contributed by atoms with Crippen LogP contribution in [0, 0.1) is 0 Å². The van der Waals surface area contributed by atoms with Crippen molar-refractivity contribution in [1.29, 1.82) is 0 Å². The van der Waals surface area contributed by atoms with Gasteiger partial charge in [-0.05, 0) is 29.9 Å². The van der Waals surface area contributed by atoms with Gasteiger partial charge in [-0.2, -0.15) is 24.9 Å².